The highest BCUT2D eigenvalue weighted by Crippen LogP contribution is 2.25. The third-order valence-corrected chi connectivity index (χ3v) is 3.97. The standard InChI is InChI=1S/C20H23FN2O3/c1-14-4-9-19(26-3)18(12-14)22-20(25)10-11-23(15(2)24)13-16-5-7-17(21)8-6-16/h4-9,12H,10-11,13H2,1-3H3,(H,22,25). The van der Waals surface area contributed by atoms with E-state index in [1.54, 1.807) is 30.2 Å². The SMILES string of the molecule is COc1ccc(C)cc1NC(=O)CCN(Cc1ccc(F)cc1)C(C)=O. The highest BCUT2D eigenvalue weighted by Gasteiger charge is 2.13. The third kappa shape index (κ3) is 5.58. The minimum absolute atomic E-state index is 0.143. The predicted octanol–water partition coefficient (Wildman–Crippen LogP) is 3.52. The highest BCUT2D eigenvalue weighted by atomic mass is 19.1. The molecule has 1 N–H and O–H groups in total. The number of nitrogens with zero attached hydrogens (tertiary/aromatic N) is 1. The number of aryl methyl sites for hydroxylation is 1. The Labute approximate surface area is 152 Å². The molecule has 0 spiro atoms. The summed E-state index contributed by atoms with van der Waals surface area (Å²) in [6.07, 6.45) is 0.151. The number of hydrogen-bond acceptors (Lipinski definition) is 3. The summed E-state index contributed by atoms with van der Waals surface area (Å²) >= 11 is 0. The van der Waals surface area contributed by atoms with Gasteiger partial charge in [0, 0.05) is 26.4 Å². The van der Waals surface area contributed by atoms with Crippen molar-refractivity contribution in [2.24, 2.45) is 0 Å². The molecule has 2 amide bonds. The van der Waals surface area contributed by atoms with Gasteiger partial charge in [0.2, 0.25) is 11.8 Å². The minimum atomic E-state index is -0.324. The Morgan fingerprint density at radius 3 is 2.46 bits per heavy atom. The van der Waals surface area contributed by atoms with Crippen LogP contribution in [0.5, 0.6) is 5.75 Å². The molecule has 0 aliphatic carbocycles. The molecule has 0 unspecified atom stereocenters. The van der Waals surface area contributed by atoms with Crippen molar-refractivity contribution in [3.63, 3.8) is 0 Å². The summed E-state index contributed by atoms with van der Waals surface area (Å²) in [5.74, 6) is -0.0946. The van der Waals surface area contributed by atoms with Gasteiger partial charge in [-0.3, -0.25) is 9.59 Å². The fourth-order valence-corrected chi connectivity index (χ4v) is 2.53. The highest BCUT2D eigenvalue weighted by molar-refractivity contribution is 5.92. The van der Waals surface area contributed by atoms with E-state index in [0.717, 1.165) is 11.1 Å². The van der Waals surface area contributed by atoms with Crippen LogP contribution in [0.2, 0.25) is 0 Å². The molecule has 0 saturated carbocycles. The summed E-state index contributed by atoms with van der Waals surface area (Å²) in [6, 6.07) is 11.5. The molecule has 2 rings (SSSR count). The number of carbonyl (C=O) groups is 2. The van der Waals surface area contributed by atoms with E-state index in [9.17, 15) is 14.0 Å². The van der Waals surface area contributed by atoms with Crippen LogP contribution in [-0.2, 0) is 16.1 Å². The van der Waals surface area contributed by atoms with E-state index in [1.807, 2.05) is 19.1 Å². The summed E-state index contributed by atoms with van der Waals surface area (Å²) in [5, 5.41) is 2.82. The van der Waals surface area contributed by atoms with E-state index in [1.165, 1.54) is 19.1 Å². The van der Waals surface area contributed by atoms with Gasteiger partial charge in [0.05, 0.1) is 12.8 Å². The van der Waals surface area contributed by atoms with E-state index in [-0.39, 0.29) is 30.6 Å². The zero-order valence-corrected chi connectivity index (χ0v) is 15.2. The van der Waals surface area contributed by atoms with E-state index in [4.69, 9.17) is 4.74 Å². The van der Waals surface area contributed by atoms with Crippen molar-refractivity contribution in [2.75, 3.05) is 19.0 Å². The van der Waals surface area contributed by atoms with Crippen molar-refractivity contribution in [1.29, 1.82) is 0 Å². The van der Waals surface area contributed by atoms with Gasteiger partial charge in [0.25, 0.3) is 0 Å². The number of benzene rings is 2. The van der Waals surface area contributed by atoms with Crippen molar-refractivity contribution >= 4 is 17.5 Å². The zero-order valence-electron chi connectivity index (χ0n) is 15.2. The Bertz CT molecular complexity index is 775. The lowest BCUT2D eigenvalue weighted by molar-refractivity contribution is -0.129. The van der Waals surface area contributed by atoms with Crippen LogP contribution in [0.3, 0.4) is 0 Å². The lowest BCUT2D eigenvalue weighted by Gasteiger charge is -2.21. The molecule has 0 aromatic heterocycles. The second kappa shape index (κ2) is 8.99. The molecule has 0 aliphatic heterocycles. The molecule has 0 radical (unpaired) electrons. The first-order valence-electron chi connectivity index (χ1n) is 8.33. The second-order valence-corrected chi connectivity index (χ2v) is 6.07. The lowest BCUT2D eigenvalue weighted by Crippen LogP contribution is -2.31. The smallest absolute Gasteiger partial charge is 0.226 e. The van der Waals surface area contributed by atoms with Crippen LogP contribution >= 0.6 is 0 Å². The third-order valence-electron chi connectivity index (χ3n) is 3.97. The Kier molecular flexibility index (Phi) is 6.72. The molecule has 138 valence electrons. The first kappa shape index (κ1) is 19.4. The lowest BCUT2D eigenvalue weighted by atomic mass is 10.2. The van der Waals surface area contributed by atoms with Gasteiger partial charge in [-0.05, 0) is 42.3 Å². The molecule has 0 bridgehead atoms. The average molecular weight is 358 g/mol. The van der Waals surface area contributed by atoms with E-state index >= 15 is 0 Å². The number of carbonyl (C=O) groups excluding carboxylic acids is 2. The fraction of sp³-hybridized carbons (Fsp3) is 0.300. The summed E-state index contributed by atoms with van der Waals surface area (Å²) in [7, 11) is 1.54. The van der Waals surface area contributed by atoms with Crippen molar-refractivity contribution in [3.8, 4) is 5.75 Å². The van der Waals surface area contributed by atoms with Gasteiger partial charge in [-0.2, -0.15) is 0 Å². The quantitative estimate of drug-likeness (QED) is 0.824. The maximum atomic E-state index is 13.0. The Balaban J connectivity index is 1.96. The Hall–Kier alpha value is -2.89. The average Bonchev–Trinajstić information content (AvgIpc) is 2.60. The van der Waals surface area contributed by atoms with Crippen molar-refractivity contribution < 1.29 is 18.7 Å². The molecule has 0 heterocycles. The molecule has 0 fully saturated rings. The fourth-order valence-electron chi connectivity index (χ4n) is 2.53. The zero-order chi connectivity index (χ0) is 19.1. The van der Waals surface area contributed by atoms with E-state index in [0.29, 0.717) is 18.0 Å². The Morgan fingerprint density at radius 1 is 1.15 bits per heavy atom. The van der Waals surface area contributed by atoms with Gasteiger partial charge in [-0.25, -0.2) is 4.39 Å². The monoisotopic (exact) mass is 358 g/mol. The number of nitrogens with one attached hydrogen (secondary N) is 1. The van der Waals surface area contributed by atoms with Gasteiger partial charge in [-0.1, -0.05) is 18.2 Å². The first-order chi connectivity index (χ1) is 12.4. The van der Waals surface area contributed by atoms with Gasteiger partial charge in [0.15, 0.2) is 0 Å². The molecule has 6 heteroatoms. The summed E-state index contributed by atoms with van der Waals surface area (Å²) in [4.78, 5) is 25.6. The summed E-state index contributed by atoms with van der Waals surface area (Å²) in [6.45, 7) is 3.98. The number of ether oxygens (including phenoxy) is 1. The van der Waals surface area contributed by atoms with Crippen molar-refractivity contribution in [1.82, 2.24) is 4.90 Å². The molecular formula is C20H23FN2O3. The molecule has 0 aliphatic rings. The summed E-state index contributed by atoms with van der Waals surface area (Å²) < 4.78 is 18.2. The van der Waals surface area contributed by atoms with Gasteiger partial charge in [-0.15, -0.1) is 0 Å². The Morgan fingerprint density at radius 2 is 1.85 bits per heavy atom. The maximum Gasteiger partial charge on any atom is 0.226 e. The number of methoxy groups -OCH3 is 1. The van der Waals surface area contributed by atoms with Gasteiger partial charge in [0.1, 0.15) is 11.6 Å². The largest absolute Gasteiger partial charge is 0.495 e. The van der Waals surface area contributed by atoms with E-state index in [2.05, 4.69) is 5.32 Å². The number of halogens is 1. The van der Waals surface area contributed by atoms with Crippen molar-refractivity contribution in [3.05, 3.63) is 59.4 Å². The second-order valence-electron chi connectivity index (χ2n) is 6.07. The van der Waals surface area contributed by atoms with Crippen molar-refractivity contribution in [2.45, 2.75) is 26.8 Å². The summed E-state index contributed by atoms with van der Waals surface area (Å²) in [5.41, 5.74) is 2.41. The van der Waals surface area contributed by atoms with Crippen LogP contribution in [-0.4, -0.2) is 30.4 Å². The van der Waals surface area contributed by atoms with Crippen LogP contribution in [0.4, 0.5) is 10.1 Å². The molecule has 2 aromatic rings. The molecule has 0 saturated heterocycles. The first-order valence-corrected chi connectivity index (χ1v) is 8.33. The topological polar surface area (TPSA) is 58.6 Å². The van der Waals surface area contributed by atoms with Gasteiger partial charge >= 0.3 is 0 Å². The number of hydrogen-bond donors (Lipinski definition) is 1. The molecule has 0 atom stereocenters. The number of anilines is 1. The molecule has 5 nitrogen and oxygen atoms in total. The normalized spacial score (nSPS) is 10.3. The van der Waals surface area contributed by atoms with Crippen LogP contribution in [0.15, 0.2) is 42.5 Å². The molecular weight excluding hydrogens is 335 g/mol. The van der Waals surface area contributed by atoms with Gasteiger partial charge < -0.3 is 15.0 Å². The minimum Gasteiger partial charge on any atom is -0.495 e. The van der Waals surface area contributed by atoms with Crippen LogP contribution in [0.1, 0.15) is 24.5 Å². The molecule has 2 aromatic carbocycles. The number of amides is 2. The van der Waals surface area contributed by atoms with Crippen LogP contribution < -0.4 is 10.1 Å². The van der Waals surface area contributed by atoms with Crippen LogP contribution in [0.25, 0.3) is 0 Å². The van der Waals surface area contributed by atoms with Crippen LogP contribution in [0, 0.1) is 12.7 Å². The van der Waals surface area contributed by atoms with E-state index < -0.39 is 0 Å². The predicted molar refractivity (Wildman–Crippen MR) is 98.5 cm³/mol. The maximum absolute atomic E-state index is 13.0. The molecule has 26 heavy (non-hydrogen) atoms. The number of rotatable bonds is 7.